The minimum absolute atomic E-state index is 0. The molecule has 6 heteroatoms. The van der Waals surface area contributed by atoms with Gasteiger partial charge < -0.3 is 16.4 Å². The summed E-state index contributed by atoms with van der Waals surface area (Å²) in [6.45, 7) is 3.77. The molecule has 26 heavy (non-hydrogen) atoms. The number of hydrogen-bond acceptors (Lipinski definition) is 3. The molecule has 0 aromatic heterocycles. The van der Waals surface area contributed by atoms with Gasteiger partial charge in [-0.2, -0.15) is 0 Å². The highest BCUT2D eigenvalue weighted by Gasteiger charge is 2.27. The van der Waals surface area contributed by atoms with Crippen LogP contribution in [0.1, 0.15) is 45.1 Å². The highest BCUT2D eigenvalue weighted by atomic mass is 35.5. The third kappa shape index (κ3) is 6.96. The maximum absolute atomic E-state index is 12.2. The number of carbonyl (C=O) groups is 2. The van der Waals surface area contributed by atoms with Crippen molar-refractivity contribution in [2.45, 2.75) is 58.0 Å². The van der Waals surface area contributed by atoms with Gasteiger partial charge in [-0.1, -0.05) is 57.0 Å². The van der Waals surface area contributed by atoms with Gasteiger partial charge in [0.05, 0.1) is 12.6 Å². The van der Waals surface area contributed by atoms with Gasteiger partial charge in [-0.25, -0.2) is 0 Å². The summed E-state index contributed by atoms with van der Waals surface area (Å²) in [5.74, 6) is 0.106. The van der Waals surface area contributed by atoms with Crippen LogP contribution >= 0.6 is 12.4 Å². The molecule has 1 aromatic rings. The average Bonchev–Trinajstić information content (AvgIpc) is 2.61. The molecule has 0 saturated heterocycles. The zero-order chi connectivity index (χ0) is 18.2. The van der Waals surface area contributed by atoms with E-state index in [1.807, 2.05) is 19.9 Å². The standard InChI is InChI=1S/C20H31N3O2.ClH/c1-14(2)19(21)20(25)22-13-18(24)23-17-11-7-6-10-16(17)12-15-8-4-3-5-9-15;/h3-5,8-9,14,16-17,19H,6-7,10-13,21H2,1-2H3,(H,22,25)(H,23,24);1H/t16?,17?,19-;/m0./s1. The molecule has 0 spiro atoms. The van der Waals surface area contributed by atoms with E-state index in [-0.39, 0.29) is 42.7 Å². The van der Waals surface area contributed by atoms with Crippen LogP contribution in [0.5, 0.6) is 0 Å². The molecule has 1 aromatic carbocycles. The first kappa shape index (κ1) is 22.5. The molecule has 0 aliphatic heterocycles. The van der Waals surface area contributed by atoms with Crippen LogP contribution in [0.3, 0.4) is 0 Å². The molecule has 2 amide bonds. The Kier molecular flexibility index (Phi) is 9.66. The molecule has 146 valence electrons. The van der Waals surface area contributed by atoms with Crippen LogP contribution in [0, 0.1) is 11.8 Å². The highest BCUT2D eigenvalue weighted by Crippen LogP contribution is 2.27. The third-order valence-corrected chi connectivity index (χ3v) is 5.04. The van der Waals surface area contributed by atoms with E-state index >= 15 is 0 Å². The van der Waals surface area contributed by atoms with Crippen LogP contribution in [-0.4, -0.2) is 30.4 Å². The molecule has 0 heterocycles. The second kappa shape index (κ2) is 11.2. The predicted octanol–water partition coefficient (Wildman–Crippen LogP) is 2.43. The molecule has 5 nitrogen and oxygen atoms in total. The van der Waals surface area contributed by atoms with Crippen molar-refractivity contribution in [1.29, 1.82) is 0 Å². The average molecular weight is 382 g/mol. The third-order valence-electron chi connectivity index (χ3n) is 5.04. The summed E-state index contributed by atoms with van der Waals surface area (Å²) in [6, 6.07) is 10.0. The van der Waals surface area contributed by atoms with Crippen molar-refractivity contribution in [1.82, 2.24) is 10.6 Å². The van der Waals surface area contributed by atoms with Crippen molar-refractivity contribution in [3.05, 3.63) is 35.9 Å². The van der Waals surface area contributed by atoms with E-state index in [0.717, 1.165) is 25.7 Å². The lowest BCUT2D eigenvalue weighted by Gasteiger charge is -2.32. The SMILES string of the molecule is CC(C)[C@H](N)C(=O)NCC(=O)NC1CCCCC1Cc1ccccc1.Cl. The Morgan fingerprint density at radius 2 is 1.81 bits per heavy atom. The van der Waals surface area contributed by atoms with Crippen LogP contribution in [0.2, 0.25) is 0 Å². The van der Waals surface area contributed by atoms with Gasteiger partial charge in [0.2, 0.25) is 11.8 Å². The molecule has 1 saturated carbocycles. The summed E-state index contributed by atoms with van der Waals surface area (Å²) in [4.78, 5) is 24.1. The number of amides is 2. The van der Waals surface area contributed by atoms with Gasteiger partial charge in [-0.3, -0.25) is 9.59 Å². The number of nitrogens with two attached hydrogens (primary N) is 1. The summed E-state index contributed by atoms with van der Waals surface area (Å²) in [7, 11) is 0. The van der Waals surface area contributed by atoms with Gasteiger partial charge in [0.1, 0.15) is 0 Å². The van der Waals surface area contributed by atoms with E-state index in [9.17, 15) is 9.59 Å². The topological polar surface area (TPSA) is 84.2 Å². The number of carbonyl (C=O) groups excluding carboxylic acids is 2. The molecule has 2 unspecified atom stereocenters. The Morgan fingerprint density at radius 3 is 2.46 bits per heavy atom. The van der Waals surface area contributed by atoms with Crippen molar-refractivity contribution in [3.63, 3.8) is 0 Å². The first-order valence-corrected chi connectivity index (χ1v) is 9.34. The lowest BCUT2D eigenvalue weighted by atomic mass is 9.80. The lowest BCUT2D eigenvalue weighted by molar-refractivity contribution is -0.127. The molecule has 1 fully saturated rings. The summed E-state index contributed by atoms with van der Waals surface area (Å²) in [5, 5.41) is 5.76. The first-order valence-electron chi connectivity index (χ1n) is 9.34. The normalized spacial score (nSPS) is 20.8. The summed E-state index contributed by atoms with van der Waals surface area (Å²) >= 11 is 0. The van der Waals surface area contributed by atoms with Gasteiger partial charge in [0, 0.05) is 6.04 Å². The fraction of sp³-hybridized carbons (Fsp3) is 0.600. The molecule has 2 rings (SSSR count). The van der Waals surface area contributed by atoms with Crippen molar-refractivity contribution in [2.75, 3.05) is 6.54 Å². The lowest BCUT2D eigenvalue weighted by Crippen LogP contribution is -2.50. The van der Waals surface area contributed by atoms with Gasteiger partial charge in [-0.05, 0) is 36.7 Å². The Labute approximate surface area is 162 Å². The Hall–Kier alpha value is -1.59. The molecular weight excluding hydrogens is 350 g/mol. The van der Waals surface area contributed by atoms with Crippen LogP contribution < -0.4 is 16.4 Å². The van der Waals surface area contributed by atoms with E-state index in [1.165, 1.54) is 12.0 Å². The first-order chi connectivity index (χ1) is 12.0. The summed E-state index contributed by atoms with van der Waals surface area (Å²) in [5.41, 5.74) is 7.10. The Morgan fingerprint density at radius 1 is 1.15 bits per heavy atom. The maximum atomic E-state index is 12.2. The molecular formula is C20H32ClN3O2. The minimum Gasteiger partial charge on any atom is -0.352 e. The number of halogens is 1. The van der Waals surface area contributed by atoms with Crippen LogP contribution in [-0.2, 0) is 16.0 Å². The second-order valence-electron chi connectivity index (χ2n) is 7.40. The fourth-order valence-corrected chi connectivity index (χ4v) is 3.40. The monoisotopic (exact) mass is 381 g/mol. The largest absolute Gasteiger partial charge is 0.352 e. The number of hydrogen-bond donors (Lipinski definition) is 3. The van der Waals surface area contributed by atoms with Gasteiger partial charge in [0.25, 0.3) is 0 Å². The Bertz CT molecular complexity index is 565. The molecule has 4 N–H and O–H groups in total. The smallest absolute Gasteiger partial charge is 0.239 e. The number of rotatable bonds is 7. The van der Waals surface area contributed by atoms with Gasteiger partial charge in [-0.15, -0.1) is 12.4 Å². The quantitative estimate of drug-likeness (QED) is 0.678. The van der Waals surface area contributed by atoms with E-state index < -0.39 is 6.04 Å². The van der Waals surface area contributed by atoms with Crippen LogP contribution in [0.4, 0.5) is 0 Å². The van der Waals surface area contributed by atoms with Crippen molar-refractivity contribution in [2.24, 2.45) is 17.6 Å². The fourth-order valence-electron chi connectivity index (χ4n) is 3.40. The molecule has 0 bridgehead atoms. The van der Waals surface area contributed by atoms with E-state index in [0.29, 0.717) is 5.92 Å². The minimum atomic E-state index is -0.576. The van der Waals surface area contributed by atoms with Gasteiger partial charge >= 0.3 is 0 Å². The predicted molar refractivity (Wildman–Crippen MR) is 107 cm³/mol. The van der Waals surface area contributed by atoms with Crippen LogP contribution in [0.15, 0.2) is 30.3 Å². The number of benzene rings is 1. The highest BCUT2D eigenvalue weighted by molar-refractivity contribution is 5.87. The van der Waals surface area contributed by atoms with E-state index in [4.69, 9.17) is 5.73 Å². The zero-order valence-corrected chi connectivity index (χ0v) is 16.6. The second-order valence-corrected chi connectivity index (χ2v) is 7.40. The van der Waals surface area contributed by atoms with Crippen molar-refractivity contribution < 1.29 is 9.59 Å². The molecule has 1 aliphatic rings. The van der Waals surface area contributed by atoms with Crippen molar-refractivity contribution in [3.8, 4) is 0 Å². The van der Waals surface area contributed by atoms with E-state index in [1.54, 1.807) is 0 Å². The zero-order valence-electron chi connectivity index (χ0n) is 15.7. The number of nitrogens with one attached hydrogen (secondary N) is 2. The van der Waals surface area contributed by atoms with Crippen LogP contribution in [0.25, 0.3) is 0 Å². The van der Waals surface area contributed by atoms with Gasteiger partial charge in [0.15, 0.2) is 0 Å². The summed E-state index contributed by atoms with van der Waals surface area (Å²) in [6.07, 6.45) is 5.47. The summed E-state index contributed by atoms with van der Waals surface area (Å²) < 4.78 is 0. The molecule has 0 radical (unpaired) electrons. The Balaban J connectivity index is 0.00000338. The van der Waals surface area contributed by atoms with Crippen molar-refractivity contribution >= 4 is 24.2 Å². The van der Waals surface area contributed by atoms with E-state index in [2.05, 4.69) is 34.9 Å². The molecule has 1 aliphatic carbocycles. The maximum Gasteiger partial charge on any atom is 0.239 e. The molecule has 3 atom stereocenters.